The van der Waals surface area contributed by atoms with Gasteiger partial charge in [0.1, 0.15) is 0 Å². The number of hydrogen-bond acceptors (Lipinski definition) is 4. The second-order valence-electron chi connectivity index (χ2n) is 7.54. The molecule has 0 saturated carbocycles. The summed E-state index contributed by atoms with van der Waals surface area (Å²) in [6.07, 6.45) is 5.50. The van der Waals surface area contributed by atoms with Crippen LogP contribution in [0.3, 0.4) is 0 Å². The third kappa shape index (κ3) is 9.73. The number of nitrogens with zero attached hydrogens (tertiary/aromatic N) is 1. The lowest BCUT2D eigenvalue weighted by molar-refractivity contribution is -0.118. The molecule has 1 atom stereocenters. The van der Waals surface area contributed by atoms with Gasteiger partial charge in [-0.05, 0) is 62.5 Å². The molecule has 2 amide bonds. The molecule has 0 aliphatic carbocycles. The van der Waals surface area contributed by atoms with E-state index >= 15 is 0 Å². The van der Waals surface area contributed by atoms with Gasteiger partial charge in [0.25, 0.3) is 0 Å². The highest BCUT2D eigenvalue weighted by atomic mass is 35.5. The third-order valence-electron chi connectivity index (χ3n) is 4.56. The molecular formula is C20H34Cl2N4O2. The summed E-state index contributed by atoms with van der Waals surface area (Å²) < 4.78 is 0. The van der Waals surface area contributed by atoms with E-state index in [1.165, 1.54) is 25.7 Å². The van der Waals surface area contributed by atoms with Crippen LogP contribution in [-0.2, 0) is 9.59 Å². The first kappa shape index (κ1) is 26.7. The maximum Gasteiger partial charge on any atom is 0.241 e. The van der Waals surface area contributed by atoms with Crippen LogP contribution in [0, 0.1) is 5.92 Å². The number of amides is 2. The van der Waals surface area contributed by atoms with Crippen molar-refractivity contribution in [3.63, 3.8) is 0 Å². The normalized spacial score (nSPS) is 15.6. The van der Waals surface area contributed by atoms with Crippen molar-refractivity contribution in [3.8, 4) is 0 Å². The van der Waals surface area contributed by atoms with Crippen molar-refractivity contribution in [2.75, 3.05) is 30.3 Å². The smallest absolute Gasteiger partial charge is 0.241 e. The summed E-state index contributed by atoms with van der Waals surface area (Å²) in [5, 5.41) is 5.74. The molecule has 2 rings (SSSR count). The molecule has 1 saturated heterocycles. The van der Waals surface area contributed by atoms with E-state index in [2.05, 4.69) is 15.5 Å². The number of halogens is 2. The number of benzene rings is 1. The van der Waals surface area contributed by atoms with E-state index < -0.39 is 6.04 Å². The maximum absolute atomic E-state index is 12.2. The number of nitrogens with two attached hydrogens (primary N) is 1. The van der Waals surface area contributed by atoms with Gasteiger partial charge < -0.3 is 16.4 Å². The van der Waals surface area contributed by atoms with E-state index in [9.17, 15) is 9.59 Å². The van der Waals surface area contributed by atoms with Crippen LogP contribution < -0.4 is 16.4 Å². The van der Waals surface area contributed by atoms with Crippen LogP contribution in [-0.4, -0.2) is 42.4 Å². The predicted octanol–water partition coefficient (Wildman–Crippen LogP) is 3.66. The monoisotopic (exact) mass is 432 g/mol. The minimum atomic E-state index is -0.511. The van der Waals surface area contributed by atoms with Crippen LogP contribution in [0.25, 0.3) is 0 Å². The second-order valence-corrected chi connectivity index (χ2v) is 7.54. The van der Waals surface area contributed by atoms with Gasteiger partial charge in [0.05, 0.1) is 12.6 Å². The summed E-state index contributed by atoms with van der Waals surface area (Å²) in [5.41, 5.74) is 7.30. The SMILES string of the molecule is CC(C)C[C@H](N)C(=O)Nc1ccc(NC(=O)CN2CCCCCC2)cc1.Cl.Cl. The van der Waals surface area contributed by atoms with Crippen molar-refractivity contribution < 1.29 is 9.59 Å². The highest BCUT2D eigenvalue weighted by Crippen LogP contribution is 2.15. The fraction of sp³-hybridized carbons (Fsp3) is 0.600. The predicted molar refractivity (Wildman–Crippen MR) is 121 cm³/mol. The van der Waals surface area contributed by atoms with E-state index in [1.54, 1.807) is 24.3 Å². The van der Waals surface area contributed by atoms with Crippen LogP contribution in [0.2, 0.25) is 0 Å². The summed E-state index contributed by atoms with van der Waals surface area (Å²) in [4.78, 5) is 26.5. The Kier molecular flexibility index (Phi) is 13.1. The van der Waals surface area contributed by atoms with Crippen molar-refractivity contribution in [2.45, 2.75) is 52.0 Å². The maximum atomic E-state index is 12.2. The summed E-state index contributed by atoms with van der Waals surface area (Å²) in [6, 6.07) is 6.64. The Morgan fingerprint density at radius 1 is 0.964 bits per heavy atom. The minimum Gasteiger partial charge on any atom is -0.325 e. The topological polar surface area (TPSA) is 87.5 Å². The van der Waals surface area contributed by atoms with E-state index in [1.807, 2.05) is 13.8 Å². The van der Waals surface area contributed by atoms with E-state index in [0.717, 1.165) is 18.8 Å². The van der Waals surface area contributed by atoms with Gasteiger partial charge >= 0.3 is 0 Å². The van der Waals surface area contributed by atoms with Crippen molar-refractivity contribution in [1.82, 2.24) is 4.90 Å². The average molecular weight is 433 g/mol. The fourth-order valence-electron chi connectivity index (χ4n) is 3.18. The molecule has 28 heavy (non-hydrogen) atoms. The first-order valence-electron chi connectivity index (χ1n) is 9.63. The lowest BCUT2D eigenvalue weighted by Crippen LogP contribution is -2.36. The van der Waals surface area contributed by atoms with Gasteiger partial charge in [-0.2, -0.15) is 0 Å². The zero-order valence-electron chi connectivity index (χ0n) is 16.8. The molecule has 0 radical (unpaired) electrons. The number of nitrogens with one attached hydrogen (secondary N) is 2. The molecule has 1 aliphatic rings. The Labute approximate surface area is 180 Å². The Morgan fingerprint density at radius 2 is 1.46 bits per heavy atom. The van der Waals surface area contributed by atoms with Crippen molar-refractivity contribution in [3.05, 3.63) is 24.3 Å². The Hall–Kier alpha value is -1.34. The Bertz CT molecular complexity index is 588. The first-order chi connectivity index (χ1) is 12.4. The molecule has 4 N–H and O–H groups in total. The summed E-state index contributed by atoms with van der Waals surface area (Å²) in [7, 11) is 0. The Balaban J connectivity index is 0.00000364. The molecule has 1 heterocycles. The molecule has 1 aromatic rings. The lowest BCUT2D eigenvalue weighted by atomic mass is 10.0. The summed E-state index contributed by atoms with van der Waals surface area (Å²) in [6.45, 7) is 6.50. The zero-order valence-corrected chi connectivity index (χ0v) is 18.4. The van der Waals surface area contributed by atoms with E-state index in [-0.39, 0.29) is 36.6 Å². The van der Waals surface area contributed by atoms with Gasteiger partial charge in [0.15, 0.2) is 0 Å². The van der Waals surface area contributed by atoms with Gasteiger partial charge in [-0.1, -0.05) is 26.7 Å². The van der Waals surface area contributed by atoms with Gasteiger partial charge in [0, 0.05) is 11.4 Å². The molecule has 6 nitrogen and oxygen atoms in total. The van der Waals surface area contributed by atoms with E-state index in [0.29, 0.717) is 24.6 Å². The highest BCUT2D eigenvalue weighted by Gasteiger charge is 2.15. The Morgan fingerprint density at radius 3 is 1.96 bits per heavy atom. The van der Waals surface area contributed by atoms with Crippen molar-refractivity contribution >= 4 is 48.0 Å². The van der Waals surface area contributed by atoms with Crippen molar-refractivity contribution in [2.24, 2.45) is 11.7 Å². The lowest BCUT2D eigenvalue weighted by Gasteiger charge is -2.19. The molecule has 1 aliphatic heterocycles. The van der Waals surface area contributed by atoms with Crippen LogP contribution >= 0.6 is 24.8 Å². The molecule has 1 fully saturated rings. The quantitative estimate of drug-likeness (QED) is 0.613. The van der Waals surface area contributed by atoms with Crippen LogP contribution in [0.4, 0.5) is 11.4 Å². The standard InChI is InChI=1S/C20H32N4O2.2ClH/c1-15(2)13-18(21)20(26)23-17-9-7-16(8-10-17)22-19(25)14-24-11-5-3-4-6-12-24;;/h7-10,15,18H,3-6,11-14,21H2,1-2H3,(H,22,25)(H,23,26);2*1H/t18-;;/m0../s1. The first-order valence-corrected chi connectivity index (χ1v) is 9.63. The van der Waals surface area contributed by atoms with Gasteiger partial charge in [-0.15, -0.1) is 24.8 Å². The molecular weight excluding hydrogens is 399 g/mol. The largest absolute Gasteiger partial charge is 0.325 e. The van der Waals surface area contributed by atoms with Gasteiger partial charge in [0.2, 0.25) is 11.8 Å². The minimum absolute atomic E-state index is 0. The van der Waals surface area contributed by atoms with Gasteiger partial charge in [-0.3, -0.25) is 14.5 Å². The molecule has 0 bridgehead atoms. The molecule has 0 unspecified atom stereocenters. The van der Waals surface area contributed by atoms with E-state index in [4.69, 9.17) is 5.73 Å². The highest BCUT2D eigenvalue weighted by molar-refractivity contribution is 5.95. The van der Waals surface area contributed by atoms with Crippen LogP contribution in [0.5, 0.6) is 0 Å². The number of hydrogen-bond donors (Lipinski definition) is 3. The molecule has 0 aromatic heterocycles. The fourth-order valence-corrected chi connectivity index (χ4v) is 3.18. The second kappa shape index (κ2) is 13.8. The van der Waals surface area contributed by atoms with Gasteiger partial charge in [-0.25, -0.2) is 0 Å². The van der Waals surface area contributed by atoms with Crippen LogP contribution in [0.1, 0.15) is 46.0 Å². The molecule has 160 valence electrons. The third-order valence-corrected chi connectivity index (χ3v) is 4.56. The average Bonchev–Trinajstić information content (AvgIpc) is 2.84. The summed E-state index contributed by atoms with van der Waals surface area (Å²) in [5.74, 6) is 0.192. The number of carbonyl (C=O) groups excluding carboxylic acids is 2. The summed E-state index contributed by atoms with van der Waals surface area (Å²) >= 11 is 0. The molecule has 1 aromatic carbocycles. The molecule has 8 heteroatoms. The number of rotatable bonds is 7. The number of anilines is 2. The number of carbonyl (C=O) groups is 2. The van der Waals surface area contributed by atoms with Crippen LogP contribution in [0.15, 0.2) is 24.3 Å². The number of likely N-dealkylation sites (tertiary alicyclic amines) is 1. The zero-order chi connectivity index (χ0) is 18.9. The molecule has 0 spiro atoms. The van der Waals surface area contributed by atoms with Crippen molar-refractivity contribution in [1.29, 1.82) is 0 Å².